The lowest BCUT2D eigenvalue weighted by Crippen LogP contribution is -2.29. The number of unbranched alkanes of at least 4 members (excludes halogenated alkanes) is 16. The monoisotopic (exact) mass is 754 g/mol. The Bertz CT molecular complexity index is 996. The van der Waals surface area contributed by atoms with E-state index in [1.54, 1.807) is 7.05 Å². The molecule has 0 aromatic rings. The van der Waals surface area contributed by atoms with Gasteiger partial charge in [0.1, 0.15) is 6.61 Å². The minimum atomic E-state index is -4.36. The van der Waals surface area contributed by atoms with Crippen molar-refractivity contribution in [2.24, 2.45) is 0 Å². The molecule has 0 aliphatic rings. The quantitative estimate of drug-likeness (QED) is 0.0275. The van der Waals surface area contributed by atoms with Crippen LogP contribution in [0.15, 0.2) is 48.6 Å². The molecule has 2 unspecified atom stereocenters. The minimum Gasteiger partial charge on any atom is -0.462 e. The molecule has 0 amide bonds. The molecule has 0 spiro atoms. The topological polar surface area (TPSA) is 120 Å². The van der Waals surface area contributed by atoms with Gasteiger partial charge >= 0.3 is 19.8 Å². The molecular weight excluding hydrogens is 677 g/mol. The van der Waals surface area contributed by atoms with Gasteiger partial charge in [-0.25, -0.2) is 4.57 Å². The van der Waals surface area contributed by atoms with Crippen LogP contribution in [0.3, 0.4) is 0 Å². The second-order valence-corrected chi connectivity index (χ2v) is 14.9. The third-order valence-corrected chi connectivity index (χ3v) is 9.41. The van der Waals surface area contributed by atoms with E-state index in [0.717, 1.165) is 70.6 Å². The lowest BCUT2D eigenvalue weighted by atomic mass is 10.1. The number of nitrogens with one attached hydrogen (secondary N) is 1. The van der Waals surface area contributed by atoms with Crippen molar-refractivity contribution < 1.29 is 37.6 Å². The maximum atomic E-state index is 12.6. The van der Waals surface area contributed by atoms with Crippen LogP contribution in [0.25, 0.3) is 0 Å². The van der Waals surface area contributed by atoms with Gasteiger partial charge in [-0.05, 0) is 84.1 Å². The molecule has 9 nitrogen and oxygen atoms in total. The fourth-order valence-corrected chi connectivity index (χ4v) is 6.01. The molecular formula is C42H76NO8P. The maximum absolute atomic E-state index is 12.6. The smallest absolute Gasteiger partial charge is 0.462 e. The van der Waals surface area contributed by atoms with Crippen molar-refractivity contribution in [1.29, 1.82) is 0 Å². The fourth-order valence-electron chi connectivity index (χ4n) is 5.26. The van der Waals surface area contributed by atoms with Crippen LogP contribution in [-0.4, -0.2) is 56.3 Å². The molecule has 0 saturated heterocycles. The van der Waals surface area contributed by atoms with Crippen LogP contribution < -0.4 is 5.32 Å². The Balaban J connectivity index is 4.34. The van der Waals surface area contributed by atoms with Gasteiger partial charge in [0.25, 0.3) is 0 Å². The first-order valence-corrected chi connectivity index (χ1v) is 22.1. The highest BCUT2D eigenvalue weighted by Crippen LogP contribution is 2.43. The number of phosphoric ester groups is 1. The van der Waals surface area contributed by atoms with Crippen molar-refractivity contribution in [3.8, 4) is 0 Å². The summed E-state index contributed by atoms with van der Waals surface area (Å²) >= 11 is 0. The second-order valence-electron chi connectivity index (χ2n) is 13.5. The highest BCUT2D eigenvalue weighted by molar-refractivity contribution is 7.47. The van der Waals surface area contributed by atoms with Crippen molar-refractivity contribution in [1.82, 2.24) is 5.32 Å². The molecule has 0 aromatic heterocycles. The van der Waals surface area contributed by atoms with Crippen LogP contribution in [-0.2, 0) is 32.7 Å². The van der Waals surface area contributed by atoms with E-state index in [1.807, 2.05) is 0 Å². The first kappa shape index (κ1) is 50.0. The normalized spacial score (nSPS) is 13.8. The number of ether oxygens (including phenoxy) is 2. The number of phosphoric acid groups is 1. The molecule has 2 N–H and O–H groups in total. The Morgan fingerprint density at radius 2 is 1.04 bits per heavy atom. The maximum Gasteiger partial charge on any atom is 0.472 e. The number of hydrogen-bond acceptors (Lipinski definition) is 8. The molecule has 0 bridgehead atoms. The Kier molecular flexibility index (Phi) is 37.2. The van der Waals surface area contributed by atoms with Crippen molar-refractivity contribution in [3.05, 3.63) is 48.6 Å². The van der Waals surface area contributed by atoms with Gasteiger partial charge in [-0.3, -0.25) is 18.6 Å². The molecule has 52 heavy (non-hydrogen) atoms. The highest BCUT2D eigenvalue weighted by atomic mass is 31.2. The molecule has 0 heterocycles. The largest absolute Gasteiger partial charge is 0.472 e. The van der Waals surface area contributed by atoms with Gasteiger partial charge in [-0.2, -0.15) is 0 Å². The van der Waals surface area contributed by atoms with Crippen LogP contribution in [0.2, 0.25) is 0 Å². The molecule has 2 atom stereocenters. The number of hydrogen-bond donors (Lipinski definition) is 2. The lowest BCUT2D eigenvalue weighted by Gasteiger charge is -2.20. The van der Waals surface area contributed by atoms with Crippen LogP contribution in [0.4, 0.5) is 0 Å². The van der Waals surface area contributed by atoms with E-state index >= 15 is 0 Å². The summed E-state index contributed by atoms with van der Waals surface area (Å²) in [5.41, 5.74) is 0. The minimum absolute atomic E-state index is 0.0268. The highest BCUT2D eigenvalue weighted by Gasteiger charge is 2.26. The molecule has 0 aliphatic heterocycles. The fraction of sp³-hybridized carbons (Fsp3) is 0.762. The Labute approximate surface area is 318 Å². The Morgan fingerprint density at radius 3 is 1.63 bits per heavy atom. The van der Waals surface area contributed by atoms with Crippen molar-refractivity contribution in [3.63, 3.8) is 0 Å². The van der Waals surface area contributed by atoms with E-state index in [-0.39, 0.29) is 26.1 Å². The van der Waals surface area contributed by atoms with E-state index in [9.17, 15) is 19.0 Å². The molecule has 10 heteroatoms. The molecule has 0 rings (SSSR count). The zero-order chi connectivity index (χ0) is 38.2. The van der Waals surface area contributed by atoms with Gasteiger partial charge in [-0.15, -0.1) is 0 Å². The summed E-state index contributed by atoms with van der Waals surface area (Å²) in [6.07, 6.45) is 41.5. The lowest BCUT2D eigenvalue weighted by molar-refractivity contribution is -0.161. The van der Waals surface area contributed by atoms with Gasteiger partial charge < -0.3 is 19.7 Å². The number of rotatable bonds is 38. The van der Waals surface area contributed by atoms with Gasteiger partial charge in [0.05, 0.1) is 13.2 Å². The summed E-state index contributed by atoms with van der Waals surface area (Å²) in [4.78, 5) is 35.0. The molecule has 302 valence electrons. The van der Waals surface area contributed by atoms with E-state index < -0.39 is 32.5 Å². The number of esters is 2. The zero-order valence-corrected chi connectivity index (χ0v) is 34.1. The summed E-state index contributed by atoms with van der Waals surface area (Å²) in [5, 5.41) is 2.81. The number of allylic oxidation sites excluding steroid dienone is 8. The molecule has 0 fully saturated rings. The Hall–Kier alpha value is -2.03. The van der Waals surface area contributed by atoms with Crippen LogP contribution >= 0.6 is 7.82 Å². The third-order valence-electron chi connectivity index (χ3n) is 8.42. The third kappa shape index (κ3) is 37.7. The zero-order valence-electron chi connectivity index (χ0n) is 33.2. The number of carbonyl (C=O) groups excluding carboxylic acids is 2. The van der Waals surface area contributed by atoms with Crippen molar-refractivity contribution in [2.75, 3.05) is 33.4 Å². The first-order valence-electron chi connectivity index (χ1n) is 20.6. The molecule has 0 saturated carbocycles. The second kappa shape index (κ2) is 38.7. The predicted octanol–water partition coefficient (Wildman–Crippen LogP) is 11.4. The van der Waals surface area contributed by atoms with Gasteiger partial charge in [0, 0.05) is 19.4 Å². The van der Waals surface area contributed by atoms with Crippen LogP contribution in [0.1, 0.15) is 168 Å². The Morgan fingerprint density at radius 1 is 0.596 bits per heavy atom. The first-order chi connectivity index (χ1) is 25.3. The molecule has 0 radical (unpaired) electrons. The molecule has 0 aliphatic carbocycles. The summed E-state index contributed by atoms with van der Waals surface area (Å²) in [5.74, 6) is -0.864. The van der Waals surface area contributed by atoms with Crippen LogP contribution in [0, 0.1) is 0 Å². The van der Waals surface area contributed by atoms with Gasteiger partial charge in [-0.1, -0.05) is 127 Å². The summed E-state index contributed by atoms with van der Waals surface area (Å²) in [6.45, 7) is 4.12. The van der Waals surface area contributed by atoms with E-state index in [1.165, 1.54) is 64.2 Å². The summed E-state index contributed by atoms with van der Waals surface area (Å²) in [7, 11) is -2.67. The van der Waals surface area contributed by atoms with E-state index in [2.05, 4.69) is 67.8 Å². The summed E-state index contributed by atoms with van der Waals surface area (Å²) in [6, 6.07) is 0. The average molecular weight is 754 g/mol. The predicted molar refractivity (Wildman–Crippen MR) is 215 cm³/mol. The average Bonchev–Trinajstić information content (AvgIpc) is 3.12. The van der Waals surface area contributed by atoms with Crippen molar-refractivity contribution >= 4 is 19.8 Å². The molecule has 0 aromatic carbocycles. The SMILES string of the molecule is CCCCC/C=C\C/C=C\C/C=C\CCCCC(=O)OC(COC(=O)CCCCCCC/C=C\CCCCCCCC)COP(=O)(O)OCCNC. The van der Waals surface area contributed by atoms with Crippen molar-refractivity contribution in [2.45, 2.75) is 174 Å². The number of likely N-dealkylation sites (N-methyl/N-ethyl adjacent to an activating group) is 1. The summed E-state index contributed by atoms with van der Waals surface area (Å²) < 4.78 is 33.1. The van der Waals surface area contributed by atoms with Crippen LogP contribution in [0.5, 0.6) is 0 Å². The standard InChI is InChI=1S/C42H76NO8P/c1-4-6-8-10-12-14-16-18-20-22-24-26-28-30-32-34-41(44)48-38-40(39-50-52(46,47)49-37-36-43-3)51-42(45)35-33-31-29-27-25-23-21-19-17-15-13-11-9-7-5-2/h13,15,18-21,25,27,40,43H,4-12,14,16-17,22-24,26,28-39H2,1-3H3,(H,46,47)/b15-13-,20-18-,21-19-,27-25-. The van der Waals surface area contributed by atoms with E-state index in [0.29, 0.717) is 13.0 Å². The number of carbonyl (C=O) groups is 2. The van der Waals surface area contributed by atoms with E-state index in [4.69, 9.17) is 18.5 Å². The van der Waals surface area contributed by atoms with Gasteiger partial charge in [0.2, 0.25) is 0 Å². The van der Waals surface area contributed by atoms with Gasteiger partial charge in [0.15, 0.2) is 6.10 Å².